The van der Waals surface area contributed by atoms with Crippen LogP contribution >= 0.6 is 11.6 Å². The molecule has 0 aromatic heterocycles. The van der Waals surface area contributed by atoms with Crippen molar-refractivity contribution in [3.05, 3.63) is 64.2 Å². The molecule has 2 saturated heterocycles. The Hall–Kier alpha value is -3.23. The summed E-state index contributed by atoms with van der Waals surface area (Å²) in [6, 6.07) is 12.6. The lowest BCUT2D eigenvalue weighted by atomic mass is 9.76. The number of imide groups is 1. The van der Waals surface area contributed by atoms with Gasteiger partial charge in [-0.25, -0.2) is 0 Å². The fourth-order valence-corrected chi connectivity index (χ4v) is 6.03. The number of nitrogens with one attached hydrogen (secondary N) is 2. The van der Waals surface area contributed by atoms with Gasteiger partial charge in [-0.3, -0.25) is 29.4 Å². The van der Waals surface area contributed by atoms with E-state index in [1.54, 1.807) is 6.07 Å². The molecule has 8 nitrogen and oxygen atoms in total. The molecule has 176 valence electrons. The standard InChI is InChI=1S/C25H25ClN4O4/c1-13-11-15-21(16(26)12-13)28-24(34)25(15)20-19(17(29-25)7-8-18(27)31)22(32)30(23(20)33)10-9-14-5-3-2-4-6-14/h2-6,11-12,17,19-20,29H,7-10H2,1H3,(H2,27,31)(H,28,34)/t17-,19-,20-,25-/m1/s1. The third-order valence-electron chi connectivity index (χ3n) is 7.18. The van der Waals surface area contributed by atoms with Gasteiger partial charge in [0, 0.05) is 24.6 Å². The predicted molar refractivity (Wildman–Crippen MR) is 126 cm³/mol. The van der Waals surface area contributed by atoms with Gasteiger partial charge in [-0.2, -0.15) is 0 Å². The smallest absolute Gasteiger partial charge is 0.250 e. The van der Waals surface area contributed by atoms with E-state index in [-0.39, 0.29) is 31.2 Å². The van der Waals surface area contributed by atoms with Crippen LogP contribution in [0.4, 0.5) is 5.69 Å². The molecule has 0 unspecified atom stereocenters. The van der Waals surface area contributed by atoms with Crippen molar-refractivity contribution in [2.45, 2.75) is 37.8 Å². The average Bonchev–Trinajstić information content (AvgIpc) is 3.37. The SMILES string of the molecule is Cc1cc(Cl)c2c(c1)[C@]1(N[C@H](CCC(N)=O)[C@H]3C(=O)N(CCc4ccccc4)C(=O)[C@@H]31)C(=O)N2. The van der Waals surface area contributed by atoms with E-state index in [9.17, 15) is 19.2 Å². The Kier molecular flexibility index (Phi) is 5.45. The number of hydrogen-bond donors (Lipinski definition) is 3. The number of aryl methyl sites for hydroxylation is 1. The highest BCUT2D eigenvalue weighted by molar-refractivity contribution is 6.35. The fraction of sp³-hybridized carbons (Fsp3) is 0.360. The van der Waals surface area contributed by atoms with Gasteiger partial charge in [0.05, 0.1) is 22.5 Å². The van der Waals surface area contributed by atoms with Crippen LogP contribution in [0.3, 0.4) is 0 Å². The second-order valence-electron chi connectivity index (χ2n) is 9.25. The van der Waals surface area contributed by atoms with E-state index in [1.165, 1.54) is 4.90 Å². The van der Waals surface area contributed by atoms with E-state index >= 15 is 0 Å². The second-order valence-corrected chi connectivity index (χ2v) is 9.66. The van der Waals surface area contributed by atoms with E-state index in [2.05, 4.69) is 10.6 Å². The molecule has 4 N–H and O–H groups in total. The summed E-state index contributed by atoms with van der Waals surface area (Å²) in [6.07, 6.45) is 0.787. The molecule has 4 amide bonds. The summed E-state index contributed by atoms with van der Waals surface area (Å²) >= 11 is 6.43. The Labute approximate surface area is 201 Å². The normalized spacial score (nSPS) is 27.3. The summed E-state index contributed by atoms with van der Waals surface area (Å²) < 4.78 is 0. The number of primary amides is 1. The molecule has 0 radical (unpaired) electrons. The lowest BCUT2D eigenvalue weighted by molar-refractivity contribution is -0.142. The fourth-order valence-electron chi connectivity index (χ4n) is 5.71. The Balaban J connectivity index is 1.55. The van der Waals surface area contributed by atoms with Crippen LogP contribution in [0, 0.1) is 18.8 Å². The molecule has 3 heterocycles. The summed E-state index contributed by atoms with van der Waals surface area (Å²) in [7, 11) is 0. The largest absolute Gasteiger partial charge is 0.370 e. The van der Waals surface area contributed by atoms with Crippen LogP contribution in [-0.2, 0) is 31.1 Å². The zero-order valence-corrected chi connectivity index (χ0v) is 19.4. The third kappa shape index (κ3) is 3.32. The molecule has 4 atom stereocenters. The number of anilines is 1. The van der Waals surface area contributed by atoms with Gasteiger partial charge < -0.3 is 11.1 Å². The zero-order valence-electron chi connectivity index (χ0n) is 18.6. The van der Waals surface area contributed by atoms with Crippen LogP contribution in [0.1, 0.15) is 29.5 Å². The molecular formula is C25H25ClN4O4. The molecule has 1 spiro atoms. The number of benzene rings is 2. The number of amides is 4. The first kappa shape index (κ1) is 22.6. The van der Waals surface area contributed by atoms with E-state index in [0.717, 1.165) is 11.1 Å². The van der Waals surface area contributed by atoms with Crippen LogP contribution < -0.4 is 16.4 Å². The molecule has 2 aromatic carbocycles. The van der Waals surface area contributed by atoms with Crippen molar-refractivity contribution in [1.29, 1.82) is 0 Å². The number of likely N-dealkylation sites (tertiary alicyclic amines) is 1. The molecule has 5 rings (SSSR count). The van der Waals surface area contributed by atoms with Crippen molar-refractivity contribution in [3.8, 4) is 0 Å². The number of nitrogens with two attached hydrogens (primary N) is 1. The Morgan fingerprint density at radius 3 is 2.59 bits per heavy atom. The number of carbonyl (C=O) groups is 4. The quantitative estimate of drug-likeness (QED) is 0.545. The first-order valence-corrected chi connectivity index (χ1v) is 11.7. The molecular weight excluding hydrogens is 456 g/mol. The van der Waals surface area contributed by atoms with Crippen molar-refractivity contribution >= 4 is 40.9 Å². The Morgan fingerprint density at radius 2 is 1.88 bits per heavy atom. The van der Waals surface area contributed by atoms with Crippen LogP contribution in [0.5, 0.6) is 0 Å². The van der Waals surface area contributed by atoms with Crippen LogP contribution in [-0.4, -0.2) is 41.1 Å². The lowest BCUT2D eigenvalue weighted by Gasteiger charge is -2.29. The number of hydrogen-bond acceptors (Lipinski definition) is 5. The van der Waals surface area contributed by atoms with E-state index < -0.39 is 35.2 Å². The van der Waals surface area contributed by atoms with Gasteiger partial charge >= 0.3 is 0 Å². The van der Waals surface area contributed by atoms with Gasteiger partial charge in [0.15, 0.2) is 0 Å². The minimum Gasteiger partial charge on any atom is -0.370 e. The molecule has 3 aliphatic rings. The molecule has 3 aliphatic heterocycles. The first-order chi connectivity index (χ1) is 16.2. The summed E-state index contributed by atoms with van der Waals surface area (Å²) in [6.45, 7) is 2.07. The molecule has 2 aromatic rings. The second kappa shape index (κ2) is 8.21. The topological polar surface area (TPSA) is 122 Å². The molecule has 0 aliphatic carbocycles. The van der Waals surface area contributed by atoms with Crippen molar-refractivity contribution in [1.82, 2.24) is 10.2 Å². The van der Waals surface area contributed by atoms with E-state index in [1.807, 2.05) is 43.3 Å². The summed E-state index contributed by atoms with van der Waals surface area (Å²) in [5, 5.41) is 6.49. The molecule has 0 saturated carbocycles. The molecule has 2 fully saturated rings. The monoisotopic (exact) mass is 480 g/mol. The highest BCUT2D eigenvalue weighted by Crippen LogP contribution is 2.54. The number of fused-ring (bicyclic) bond motifs is 4. The molecule has 9 heteroatoms. The number of halogens is 1. The lowest BCUT2D eigenvalue weighted by Crippen LogP contribution is -2.53. The van der Waals surface area contributed by atoms with Gasteiger partial charge in [-0.05, 0) is 37.0 Å². The average molecular weight is 481 g/mol. The van der Waals surface area contributed by atoms with Crippen LogP contribution in [0.15, 0.2) is 42.5 Å². The van der Waals surface area contributed by atoms with Gasteiger partial charge in [-0.15, -0.1) is 0 Å². The van der Waals surface area contributed by atoms with Crippen molar-refractivity contribution in [2.75, 3.05) is 11.9 Å². The van der Waals surface area contributed by atoms with Crippen LogP contribution in [0.25, 0.3) is 0 Å². The highest BCUT2D eigenvalue weighted by atomic mass is 35.5. The minimum absolute atomic E-state index is 0.0332. The third-order valence-corrected chi connectivity index (χ3v) is 7.48. The minimum atomic E-state index is -1.44. The maximum absolute atomic E-state index is 13.7. The first-order valence-electron chi connectivity index (χ1n) is 11.3. The van der Waals surface area contributed by atoms with E-state index in [4.69, 9.17) is 17.3 Å². The molecule has 34 heavy (non-hydrogen) atoms. The highest BCUT2D eigenvalue weighted by Gasteiger charge is 2.70. The summed E-state index contributed by atoms with van der Waals surface area (Å²) in [5.74, 6) is -3.36. The molecule has 0 bridgehead atoms. The maximum Gasteiger partial charge on any atom is 0.250 e. The Bertz CT molecular complexity index is 1220. The van der Waals surface area contributed by atoms with Crippen molar-refractivity contribution in [3.63, 3.8) is 0 Å². The van der Waals surface area contributed by atoms with Crippen molar-refractivity contribution in [2.24, 2.45) is 17.6 Å². The summed E-state index contributed by atoms with van der Waals surface area (Å²) in [5.41, 5.74) is 6.77. The number of rotatable bonds is 6. The number of carbonyl (C=O) groups excluding carboxylic acids is 4. The predicted octanol–water partition coefficient (Wildman–Crippen LogP) is 1.88. The zero-order chi connectivity index (χ0) is 24.2. The summed E-state index contributed by atoms with van der Waals surface area (Å²) in [4.78, 5) is 53.6. The maximum atomic E-state index is 13.7. The van der Waals surface area contributed by atoms with Gasteiger partial charge in [0.25, 0.3) is 0 Å². The van der Waals surface area contributed by atoms with Gasteiger partial charge in [-0.1, -0.05) is 48.0 Å². The van der Waals surface area contributed by atoms with Gasteiger partial charge in [0.2, 0.25) is 23.6 Å². The van der Waals surface area contributed by atoms with Crippen LogP contribution in [0.2, 0.25) is 5.02 Å². The number of nitrogens with zero attached hydrogens (tertiary/aromatic N) is 1. The van der Waals surface area contributed by atoms with E-state index in [0.29, 0.717) is 22.7 Å². The Morgan fingerprint density at radius 1 is 1.15 bits per heavy atom. The van der Waals surface area contributed by atoms with Crippen molar-refractivity contribution < 1.29 is 19.2 Å². The van der Waals surface area contributed by atoms with Gasteiger partial charge in [0.1, 0.15) is 5.54 Å².